The van der Waals surface area contributed by atoms with E-state index in [1.54, 1.807) is 30.2 Å². The predicted molar refractivity (Wildman–Crippen MR) is 106 cm³/mol. The fraction of sp³-hybridized carbons (Fsp3) is 0.200. The molecule has 2 amide bonds. The van der Waals surface area contributed by atoms with E-state index in [1.807, 2.05) is 6.92 Å². The standard InChI is InChI=1S/C20H19FN6O2/c1-11-17(8-15-14-7-13(21)3-4-16(14)26-19(15)28)25-12(2)18(11)20(29)22-5-6-27-9-23-24-10-27/h3-4,7-10,25H,5-6H2,1-2H3,(H,22,29)(H,26,28)/b15-8-. The highest BCUT2D eigenvalue weighted by atomic mass is 19.1. The van der Waals surface area contributed by atoms with Crippen LogP contribution in [0.2, 0.25) is 0 Å². The van der Waals surface area contributed by atoms with Gasteiger partial charge in [0.05, 0.1) is 11.1 Å². The van der Waals surface area contributed by atoms with E-state index in [0.717, 1.165) is 5.56 Å². The molecule has 29 heavy (non-hydrogen) atoms. The lowest BCUT2D eigenvalue weighted by Crippen LogP contribution is -2.27. The van der Waals surface area contributed by atoms with Crippen LogP contribution in [0.15, 0.2) is 30.9 Å². The van der Waals surface area contributed by atoms with E-state index in [0.29, 0.717) is 46.9 Å². The third-order valence-corrected chi connectivity index (χ3v) is 4.88. The maximum absolute atomic E-state index is 13.6. The Morgan fingerprint density at radius 3 is 2.79 bits per heavy atom. The van der Waals surface area contributed by atoms with Crippen LogP contribution < -0.4 is 10.6 Å². The SMILES string of the molecule is Cc1[nH]c(/C=C2\C(=O)Nc3ccc(F)cc32)c(C)c1C(=O)NCCn1cnnc1. The zero-order valence-corrected chi connectivity index (χ0v) is 15.9. The summed E-state index contributed by atoms with van der Waals surface area (Å²) < 4.78 is 15.4. The van der Waals surface area contributed by atoms with Crippen molar-refractivity contribution in [2.75, 3.05) is 11.9 Å². The van der Waals surface area contributed by atoms with Crippen LogP contribution in [0.4, 0.5) is 10.1 Å². The predicted octanol–water partition coefficient (Wildman–Crippen LogP) is 2.28. The van der Waals surface area contributed by atoms with Crippen molar-refractivity contribution in [3.8, 4) is 0 Å². The zero-order chi connectivity index (χ0) is 20.5. The number of H-pyrrole nitrogens is 1. The number of benzene rings is 1. The second-order valence-electron chi connectivity index (χ2n) is 6.82. The molecule has 3 aromatic rings. The zero-order valence-electron chi connectivity index (χ0n) is 15.9. The topological polar surface area (TPSA) is 105 Å². The number of carbonyl (C=O) groups excluding carboxylic acids is 2. The van der Waals surface area contributed by atoms with Gasteiger partial charge in [-0.1, -0.05) is 0 Å². The molecule has 0 saturated heterocycles. The Hall–Kier alpha value is -3.75. The van der Waals surface area contributed by atoms with Gasteiger partial charge in [0.2, 0.25) is 0 Å². The monoisotopic (exact) mass is 394 g/mol. The number of aromatic amines is 1. The van der Waals surface area contributed by atoms with Crippen molar-refractivity contribution in [2.45, 2.75) is 20.4 Å². The first kappa shape index (κ1) is 18.6. The lowest BCUT2D eigenvalue weighted by atomic mass is 10.0. The molecule has 9 heteroatoms. The number of nitrogens with zero attached hydrogens (tertiary/aromatic N) is 3. The highest BCUT2D eigenvalue weighted by Gasteiger charge is 2.26. The molecule has 3 heterocycles. The number of aryl methyl sites for hydroxylation is 1. The number of amides is 2. The number of nitrogens with one attached hydrogen (secondary N) is 3. The van der Waals surface area contributed by atoms with E-state index in [1.165, 1.54) is 18.2 Å². The van der Waals surface area contributed by atoms with Crippen LogP contribution in [0.1, 0.15) is 32.9 Å². The molecule has 0 spiro atoms. The van der Waals surface area contributed by atoms with Gasteiger partial charge in [0, 0.05) is 35.7 Å². The maximum atomic E-state index is 13.6. The summed E-state index contributed by atoms with van der Waals surface area (Å²) >= 11 is 0. The molecule has 1 aliphatic rings. The van der Waals surface area contributed by atoms with Crippen LogP contribution in [-0.2, 0) is 11.3 Å². The number of hydrogen-bond acceptors (Lipinski definition) is 4. The summed E-state index contributed by atoms with van der Waals surface area (Å²) in [5, 5.41) is 13.0. The van der Waals surface area contributed by atoms with Gasteiger partial charge < -0.3 is 20.2 Å². The minimum atomic E-state index is -0.418. The summed E-state index contributed by atoms with van der Waals surface area (Å²) in [7, 11) is 0. The summed E-state index contributed by atoms with van der Waals surface area (Å²) in [6.07, 6.45) is 4.81. The third kappa shape index (κ3) is 3.54. The van der Waals surface area contributed by atoms with Crippen molar-refractivity contribution < 1.29 is 14.0 Å². The van der Waals surface area contributed by atoms with E-state index in [4.69, 9.17) is 0 Å². The molecule has 0 atom stereocenters. The number of rotatable bonds is 5. The fourth-order valence-corrected chi connectivity index (χ4v) is 3.43. The molecule has 3 N–H and O–H groups in total. The van der Waals surface area contributed by atoms with Crippen LogP contribution in [0.3, 0.4) is 0 Å². The van der Waals surface area contributed by atoms with Gasteiger partial charge in [0.25, 0.3) is 11.8 Å². The summed E-state index contributed by atoms with van der Waals surface area (Å²) in [6.45, 7) is 4.59. The molecular weight excluding hydrogens is 375 g/mol. The maximum Gasteiger partial charge on any atom is 0.256 e. The first-order valence-electron chi connectivity index (χ1n) is 9.07. The minimum Gasteiger partial charge on any atom is -0.358 e. The number of halogens is 1. The Bertz CT molecular complexity index is 1130. The third-order valence-electron chi connectivity index (χ3n) is 4.88. The van der Waals surface area contributed by atoms with Gasteiger partial charge in [-0.15, -0.1) is 10.2 Å². The highest BCUT2D eigenvalue weighted by Crippen LogP contribution is 2.34. The van der Waals surface area contributed by atoms with Crippen LogP contribution in [0, 0.1) is 19.7 Å². The molecule has 0 fully saturated rings. The average molecular weight is 394 g/mol. The van der Waals surface area contributed by atoms with E-state index in [-0.39, 0.29) is 11.8 Å². The van der Waals surface area contributed by atoms with Gasteiger partial charge in [-0.2, -0.15) is 0 Å². The molecule has 4 rings (SSSR count). The highest BCUT2D eigenvalue weighted by molar-refractivity contribution is 6.34. The smallest absolute Gasteiger partial charge is 0.256 e. The van der Waals surface area contributed by atoms with E-state index < -0.39 is 5.82 Å². The Balaban J connectivity index is 1.58. The average Bonchev–Trinajstić information content (AvgIpc) is 3.36. The Labute approximate surface area is 165 Å². The van der Waals surface area contributed by atoms with Gasteiger partial charge >= 0.3 is 0 Å². The number of fused-ring (bicyclic) bond motifs is 1. The summed E-state index contributed by atoms with van der Waals surface area (Å²) in [6, 6.07) is 4.15. The normalized spacial score (nSPS) is 14.2. The van der Waals surface area contributed by atoms with Gasteiger partial charge in [0.15, 0.2) is 0 Å². The van der Waals surface area contributed by atoms with Crippen LogP contribution in [0.5, 0.6) is 0 Å². The van der Waals surface area contributed by atoms with Crippen LogP contribution >= 0.6 is 0 Å². The van der Waals surface area contributed by atoms with Crippen LogP contribution in [-0.4, -0.2) is 38.1 Å². The lowest BCUT2D eigenvalue weighted by Gasteiger charge is -2.06. The van der Waals surface area contributed by atoms with Gasteiger partial charge in [-0.3, -0.25) is 9.59 Å². The molecule has 0 aliphatic carbocycles. The Morgan fingerprint density at radius 1 is 1.28 bits per heavy atom. The molecule has 8 nitrogen and oxygen atoms in total. The number of carbonyl (C=O) groups is 2. The molecule has 148 valence electrons. The molecule has 0 unspecified atom stereocenters. The van der Waals surface area contributed by atoms with Gasteiger partial charge in [-0.25, -0.2) is 4.39 Å². The van der Waals surface area contributed by atoms with Crippen LogP contribution in [0.25, 0.3) is 11.6 Å². The second-order valence-corrected chi connectivity index (χ2v) is 6.82. The summed E-state index contributed by atoms with van der Waals surface area (Å²) in [5.74, 6) is -0.938. The van der Waals surface area contributed by atoms with Gasteiger partial charge in [0.1, 0.15) is 18.5 Å². The summed E-state index contributed by atoms with van der Waals surface area (Å²) in [4.78, 5) is 28.1. The molecule has 0 saturated carbocycles. The van der Waals surface area contributed by atoms with Crippen molar-refractivity contribution >= 4 is 29.2 Å². The molecule has 1 aliphatic heterocycles. The number of anilines is 1. The van der Waals surface area contributed by atoms with Crippen molar-refractivity contribution in [1.29, 1.82) is 0 Å². The molecule has 0 bridgehead atoms. The molecular formula is C20H19FN6O2. The molecule has 1 aromatic carbocycles. The number of aromatic nitrogens is 4. The van der Waals surface area contributed by atoms with Crippen molar-refractivity contribution in [1.82, 2.24) is 25.1 Å². The lowest BCUT2D eigenvalue weighted by molar-refractivity contribution is -0.110. The van der Waals surface area contributed by atoms with Crippen molar-refractivity contribution in [2.24, 2.45) is 0 Å². The fourth-order valence-electron chi connectivity index (χ4n) is 3.43. The van der Waals surface area contributed by atoms with E-state index in [9.17, 15) is 14.0 Å². The quantitative estimate of drug-likeness (QED) is 0.578. The second kappa shape index (κ2) is 7.34. The molecule has 0 radical (unpaired) electrons. The van der Waals surface area contributed by atoms with E-state index in [2.05, 4.69) is 25.8 Å². The minimum absolute atomic E-state index is 0.212. The van der Waals surface area contributed by atoms with Crippen molar-refractivity contribution in [3.63, 3.8) is 0 Å². The first-order chi connectivity index (χ1) is 13.9. The Morgan fingerprint density at radius 2 is 2.03 bits per heavy atom. The number of hydrogen-bond donors (Lipinski definition) is 3. The Kier molecular flexibility index (Phi) is 4.71. The van der Waals surface area contributed by atoms with Crippen molar-refractivity contribution in [3.05, 3.63) is 64.7 Å². The largest absolute Gasteiger partial charge is 0.358 e. The first-order valence-corrected chi connectivity index (χ1v) is 9.07. The van der Waals surface area contributed by atoms with E-state index >= 15 is 0 Å². The summed E-state index contributed by atoms with van der Waals surface area (Å²) in [5.41, 5.74) is 3.98. The molecule has 2 aromatic heterocycles. The van der Waals surface area contributed by atoms with Gasteiger partial charge in [-0.05, 0) is 43.7 Å².